The Labute approximate surface area is 139 Å². The van der Waals surface area contributed by atoms with Crippen molar-refractivity contribution < 1.29 is 27.9 Å². The van der Waals surface area contributed by atoms with Gasteiger partial charge in [-0.3, -0.25) is 4.79 Å². The maximum atomic E-state index is 12.8. The fourth-order valence-corrected chi connectivity index (χ4v) is 2.28. The summed E-state index contributed by atoms with van der Waals surface area (Å²) in [6, 6.07) is 7.03. The number of anilines is 1. The Kier molecular flexibility index (Phi) is 4.84. The zero-order valence-corrected chi connectivity index (χ0v) is 13.0. The van der Waals surface area contributed by atoms with Crippen molar-refractivity contribution >= 4 is 29.2 Å². The van der Waals surface area contributed by atoms with E-state index in [1.807, 2.05) is 0 Å². The summed E-state index contributed by atoms with van der Waals surface area (Å²) in [5, 5.41) is 10.9. The second-order valence-electron chi connectivity index (χ2n) is 5.00. The highest BCUT2D eigenvalue weighted by Gasteiger charge is 2.33. The van der Waals surface area contributed by atoms with Crippen LogP contribution < -0.4 is 5.32 Å². The van der Waals surface area contributed by atoms with Crippen LogP contribution >= 0.6 is 11.6 Å². The zero-order valence-electron chi connectivity index (χ0n) is 12.2. The van der Waals surface area contributed by atoms with Gasteiger partial charge in [0.05, 0.1) is 21.7 Å². The molecule has 0 aliphatic heterocycles. The van der Waals surface area contributed by atoms with Gasteiger partial charge in [-0.25, -0.2) is 4.79 Å². The number of amides is 1. The van der Waals surface area contributed by atoms with Gasteiger partial charge in [-0.1, -0.05) is 23.2 Å². The van der Waals surface area contributed by atoms with E-state index in [4.69, 9.17) is 16.7 Å². The fraction of sp³-hybridized carbons (Fsp3) is 0.125. The molecule has 0 aromatic heterocycles. The molecule has 2 rings (SSSR count). The Balaban J connectivity index is 2.36. The van der Waals surface area contributed by atoms with Gasteiger partial charge in [0.2, 0.25) is 0 Å². The molecule has 0 bridgehead atoms. The standard InChI is InChI=1S/C16H11ClF3NO3/c1-8-2-4-10(11(6-8)15(23)24)14(22)21-9-3-5-13(17)12(7-9)16(18,19)20/h2-7H,1H3,(H,21,22)(H,23,24). The third-order valence-electron chi connectivity index (χ3n) is 3.18. The highest BCUT2D eigenvalue weighted by atomic mass is 35.5. The first kappa shape index (κ1) is 17.8. The molecule has 0 unspecified atom stereocenters. The van der Waals surface area contributed by atoms with Gasteiger partial charge in [0.15, 0.2) is 0 Å². The molecule has 4 nitrogen and oxygen atoms in total. The molecular weight excluding hydrogens is 347 g/mol. The summed E-state index contributed by atoms with van der Waals surface area (Å²) < 4.78 is 38.5. The highest BCUT2D eigenvalue weighted by molar-refractivity contribution is 6.31. The molecule has 0 spiro atoms. The molecule has 2 aromatic carbocycles. The zero-order chi connectivity index (χ0) is 18.1. The van der Waals surface area contributed by atoms with Crippen LogP contribution in [0.5, 0.6) is 0 Å². The van der Waals surface area contributed by atoms with Gasteiger partial charge >= 0.3 is 12.1 Å². The van der Waals surface area contributed by atoms with Crippen molar-refractivity contribution in [3.63, 3.8) is 0 Å². The Morgan fingerprint density at radius 2 is 1.75 bits per heavy atom. The second-order valence-corrected chi connectivity index (χ2v) is 5.41. The van der Waals surface area contributed by atoms with E-state index in [-0.39, 0.29) is 16.8 Å². The average Bonchev–Trinajstić information content (AvgIpc) is 2.47. The van der Waals surface area contributed by atoms with Gasteiger partial charge in [-0.05, 0) is 37.3 Å². The first-order valence-corrected chi connectivity index (χ1v) is 6.99. The molecule has 0 aliphatic rings. The Morgan fingerprint density at radius 3 is 2.33 bits per heavy atom. The largest absolute Gasteiger partial charge is 0.478 e. The van der Waals surface area contributed by atoms with E-state index in [9.17, 15) is 22.8 Å². The summed E-state index contributed by atoms with van der Waals surface area (Å²) in [5.74, 6) is -2.14. The van der Waals surface area contributed by atoms with Crippen LogP contribution in [-0.4, -0.2) is 17.0 Å². The average molecular weight is 358 g/mol. The number of nitrogens with one attached hydrogen (secondary N) is 1. The molecule has 2 N–H and O–H groups in total. The Hall–Kier alpha value is -2.54. The first-order valence-electron chi connectivity index (χ1n) is 6.61. The number of aromatic carboxylic acids is 1. The van der Waals surface area contributed by atoms with Crippen LogP contribution in [-0.2, 0) is 6.18 Å². The van der Waals surface area contributed by atoms with Crippen molar-refractivity contribution in [2.75, 3.05) is 5.32 Å². The molecule has 2 aromatic rings. The predicted octanol–water partition coefficient (Wildman–Crippen LogP) is 4.62. The molecule has 24 heavy (non-hydrogen) atoms. The van der Waals surface area contributed by atoms with E-state index in [2.05, 4.69) is 5.32 Å². The Morgan fingerprint density at radius 1 is 1.08 bits per heavy atom. The van der Waals surface area contributed by atoms with Crippen LogP contribution in [0.4, 0.5) is 18.9 Å². The number of carbonyl (C=O) groups excluding carboxylic acids is 1. The molecule has 126 valence electrons. The minimum absolute atomic E-state index is 0.145. The van der Waals surface area contributed by atoms with E-state index in [0.29, 0.717) is 11.6 Å². The number of carbonyl (C=O) groups is 2. The van der Waals surface area contributed by atoms with Crippen LogP contribution in [0.2, 0.25) is 5.02 Å². The molecule has 8 heteroatoms. The molecule has 0 radical (unpaired) electrons. The third kappa shape index (κ3) is 3.86. The van der Waals surface area contributed by atoms with E-state index in [1.54, 1.807) is 6.92 Å². The highest BCUT2D eigenvalue weighted by Crippen LogP contribution is 2.36. The first-order chi connectivity index (χ1) is 11.1. The Bertz CT molecular complexity index is 819. The molecule has 0 atom stereocenters. The maximum absolute atomic E-state index is 12.8. The van der Waals surface area contributed by atoms with E-state index in [0.717, 1.165) is 6.07 Å². The van der Waals surface area contributed by atoms with Gasteiger partial charge in [-0.2, -0.15) is 13.2 Å². The van der Waals surface area contributed by atoms with Crippen molar-refractivity contribution in [2.45, 2.75) is 13.1 Å². The number of hydrogen-bond donors (Lipinski definition) is 2. The van der Waals surface area contributed by atoms with Crippen molar-refractivity contribution in [3.05, 3.63) is 63.7 Å². The second kappa shape index (κ2) is 6.52. The monoisotopic (exact) mass is 357 g/mol. The molecule has 0 saturated heterocycles. The number of carboxylic acids is 1. The molecule has 0 aliphatic carbocycles. The summed E-state index contributed by atoms with van der Waals surface area (Å²) in [6.07, 6.45) is -4.67. The molecule has 1 amide bonds. The smallest absolute Gasteiger partial charge is 0.417 e. The van der Waals surface area contributed by atoms with Crippen molar-refractivity contribution in [1.29, 1.82) is 0 Å². The van der Waals surface area contributed by atoms with Gasteiger partial charge in [0.1, 0.15) is 0 Å². The minimum atomic E-state index is -4.67. The molecule has 0 heterocycles. The van der Waals surface area contributed by atoms with Crippen molar-refractivity contribution in [2.24, 2.45) is 0 Å². The summed E-state index contributed by atoms with van der Waals surface area (Å²) >= 11 is 5.51. The quantitative estimate of drug-likeness (QED) is 0.842. The molecular formula is C16H11ClF3NO3. The summed E-state index contributed by atoms with van der Waals surface area (Å²) in [6.45, 7) is 1.66. The normalized spacial score (nSPS) is 11.2. The topological polar surface area (TPSA) is 66.4 Å². The number of benzene rings is 2. The summed E-state index contributed by atoms with van der Waals surface area (Å²) in [7, 11) is 0. The number of alkyl halides is 3. The van der Waals surface area contributed by atoms with E-state index < -0.39 is 28.6 Å². The minimum Gasteiger partial charge on any atom is -0.478 e. The molecule has 0 saturated carbocycles. The lowest BCUT2D eigenvalue weighted by molar-refractivity contribution is -0.137. The summed E-state index contributed by atoms with van der Waals surface area (Å²) in [4.78, 5) is 23.4. The van der Waals surface area contributed by atoms with E-state index in [1.165, 1.54) is 24.3 Å². The lowest BCUT2D eigenvalue weighted by Crippen LogP contribution is -2.17. The predicted molar refractivity (Wildman–Crippen MR) is 82.5 cm³/mol. The van der Waals surface area contributed by atoms with Crippen molar-refractivity contribution in [1.82, 2.24) is 0 Å². The fourth-order valence-electron chi connectivity index (χ4n) is 2.05. The molecule has 0 fully saturated rings. The number of rotatable bonds is 3. The van der Waals surface area contributed by atoms with Crippen LogP contribution in [0.3, 0.4) is 0 Å². The lowest BCUT2D eigenvalue weighted by atomic mass is 10.0. The van der Waals surface area contributed by atoms with Crippen LogP contribution in [0.25, 0.3) is 0 Å². The van der Waals surface area contributed by atoms with Crippen molar-refractivity contribution in [3.8, 4) is 0 Å². The maximum Gasteiger partial charge on any atom is 0.417 e. The number of carboxylic acid groups (broad SMARTS) is 1. The van der Waals surface area contributed by atoms with Crippen LogP contribution in [0.15, 0.2) is 36.4 Å². The third-order valence-corrected chi connectivity index (χ3v) is 3.51. The van der Waals surface area contributed by atoms with Crippen LogP contribution in [0.1, 0.15) is 31.8 Å². The number of halogens is 4. The van der Waals surface area contributed by atoms with Gasteiger partial charge < -0.3 is 10.4 Å². The number of aryl methyl sites for hydroxylation is 1. The summed E-state index contributed by atoms with van der Waals surface area (Å²) in [5.41, 5.74) is -0.998. The van der Waals surface area contributed by atoms with E-state index >= 15 is 0 Å². The van der Waals surface area contributed by atoms with Crippen LogP contribution in [0, 0.1) is 6.92 Å². The SMILES string of the molecule is Cc1ccc(C(=O)Nc2ccc(Cl)c(C(F)(F)F)c2)c(C(=O)O)c1. The van der Waals surface area contributed by atoms with Gasteiger partial charge in [0.25, 0.3) is 5.91 Å². The number of hydrogen-bond acceptors (Lipinski definition) is 2. The lowest BCUT2D eigenvalue weighted by Gasteiger charge is -2.12. The van der Waals surface area contributed by atoms with Gasteiger partial charge in [0, 0.05) is 5.69 Å². The van der Waals surface area contributed by atoms with Gasteiger partial charge in [-0.15, -0.1) is 0 Å².